The second-order valence-electron chi connectivity index (χ2n) is 5.17. The van der Waals surface area contributed by atoms with Crippen LogP contribution in [0.1, 0.15) is 34.6 Å². The lowest BCUT2D eigenvalue weighted by atomic mass is 9.40. The van der Waals surface area contributed by atoms with Crippen molar-refractivity contribution in [1.82, 2.24) is 0 Å². The molecule has 0 heterocycles. The van der Waals surface area contributed by atoms with Crippen LogP contribution in [0.4, 0.5) is 0 Å². The maximum absolute atomic E-state index is 11.9. The van der Waals surface area contributed by atoms with E-state index in [1.54, 1.807) is 0 Å². The normalized spacial score (nSPS) is 54.2. The summed E-state index contributed by atoms with van der Waals surface area (Å²) in [6.45, 7) is 11.0. The molecule has 0 spiro atoms. The maximum Gasteiger partial charge on any atom is 0.162 e. The average Bonchev–Trinajstić information content (AvgIpc) is 2.26. The van der Waals surface area contributed by atoms with Gasteiger partial charge in [-0.3, -0.25) is 4.79 Å². The minimum absolute atomic E-state index is 0.101. The molecule has 2 aliphatic rings. The molecule has 1 nitrogen and oxygen atoms in total. The third kappa shape index (κ3) is 0.619. The quantitative estimate of drug-likeness (QED) is 0.557. The smallest absolute Gasteiger partial charge is 0.162 e. The van der Waals surface area contributed by atoms with Crippen LogP contribution in [-0.2, 0) is 4.79 Å². The second kappa shape index (κ2) is 2.08. The van der Waals surface area contributed by atoms with Gasteiger partial charge < -0.3 is 0 Å². The number of hydrogen-bond donors (Lipinski definition) is 0. The minimum atomic E-state index is -0.101. The van der Waals surface area contributed by atoms with Gasteiger partial charge in [-0.25, -0.2) is 0 Å². The number of allylic oxidation sites excluding steroid dienone is 2. The Kier molecular flexibility index (Phi) is 1.43. The molecule has 4 atom stereocenters. The molecule has 1 fully saturated rings. The van der Waals surface area contributed by atoms with Gasteiger partial charge in [0.2, 0.25) is 0 Å². The summed E-state index contributed by atoms with van der Waals surface area (Å²) in [7, 11) is 0. The molecule has 0 aromatic carbocycles. The van der Waals surface area contributed by atoms with E-state index in [1.807, 2.05) is 6.08 Å². The molecular weight excluding hydrogens is 160 g/mol. The number of ketones is 1. The molecule has 1 heteroatoms. The molecule has 0 bridgehead atoms. The highest BCUT2D eigenvalue weighted by atomic mass is 16.1. The van der Waals surface area contributed by atoms with Gasteiger partial charge in [0.1, 0.15) is 0 Å². The Balaban J connectivity index is 2.53. The Bertz CT molecular complexity index is 315. The third-order valence-corrected chi connectivity index (χ3v) is 5.33. The number of carbonyl (C=O) groups excluding carboxylic acids is 1. The van der Waals surface area contributed by atoms with E-state index >= 15 is 0 Å². The van der Waals surface area contributed by atoms with Crippen molar-refractivity contribution >= 4 is 5.78 Å². The van der Waals surface area contributed by atoms with Gasteiger partial charge >= 0.3 is 0 Å². The van der Waals surface area contributed by atoms with Crippen LogP contribution >= 0.6 is 0 Å². The summed E-state index contributed by atoms with van der Waals surface area (Å²) in [5.41, 5.74) is 1.32. The van der Waals surface area contributed by atoms with Gasteiger partial charge in [-0.15, -0.1) is 0 Å². The van der Waals surface area contributed by atoms with Crippen molar-refractivity contribution in [3.63, 3.8) is 0 Å². The van der Waals surface area contributed by atoms with Gasteiger partial charge in [-0.05, 0) is 24.8 Å². The van der Waals surface area contributed by atoms with E-state index in [2.05, 4.69) is 34.6 Å². The van der Waals surface area contributed by atoms with Gasteiger partial charge in [0.05, 0.1) is 0 Å². The molecule has 0 aromatic heterocycles. The second-order valence-corrected chi connectivity index (χ2v) is 5.17. The molecular formula is C12H18O. The Morgan fingerprint density at radius 1 is 1.15 bits per heavy atom. The Morgan fingerprint density at radius 3 is 2.08 bits per heavy atom. The van der Waals surface area contributed by atoms with Crippen molar-refractivity contribution < 1.29 is 4.79 Å². The van der Waals surface area contributed by atoms with Crippen LogP contribution in [0.15, 0.2) is 11.6 Å². The van der Waals surface area contributed by atoms with E-state index in [-0.39, 0.29) is 10.8 Å². The minimum Gasteiger partial charge on any atom is -0.294 e. The van der Waals surface area contributed by atoms with Gasteiger partial charge in [0.15, 0.2) is 5.78 Å². The van der Waals surface area contributed by atoms with Crippen LogP contribution in [0.25, 0.3) is 0 Å². The summed E-state index contributed by atoms with van der Waals surface area (Å²) in [5.74, 6) is 1.51. The molecule has 0 amide bonds. The molecule has 0 saturated heterocycles. The van der Waals surface area contributed by atoms with Crippen molar-refractivity contribution in [2.24, 2.45) is 22.7 Å². The van der Waals surface area contributed by atoms with Gasteiger partial charge in [-0.2, -0.15) is 0 Å². The summed E-state index contributed by atoms with van der Waals surface area (Å²) in [5, 5.41) is 0. The SMILES string of the molecule is CC1=CC(=O)[C@]2(C)[C@H](C)[C@@H](C)[C@@]12C. The predicted molar refractivity (Wildman–Crippen MR) is 53.3 cm³/mol. The van der Waals surface area contributed by atoms with E-state index < -0.39 is 0 Å². The van der Waals surface area contributed by atoms with Crippen LogP contribution in [-0.4, -0.2) is 5.78 Å². The highest BCUT2D eigenvalue weighted by Gasteiger charge is 2.69. The Labute approximate surface area is 80.2 Å². The standard InChI is InChI=1S/C12H18O/c1-7-6-10(13)12(5)9(3)8(2)11(7,12)4/h6,8-9H,1-5H3/t8-,9-,11-,12+/m1/s1. The topological polar surface area (TPSA) is 17.1 Å². The van der Waals surface area contributed by atoms with Gasteiger partial charge in [-0.1, -0.05) is 33.3 Å². The molecule has 0 aliphatic heterocycles. The predicted octanol–water partition coefficient (Wildman–Crippen LogP) is 2.81. The first-order valence-corrected chi connectivity index (χ1v) is 5.10. The van der Waals surface area contributed by atoms with Crippen molar-refractivity contribution in [3.8, 4) is 0 Å². The zero-order chi connectivity index (χ0) is 10.0. The van der Waals surface area contributed by atoms with Crippen LogP contribution in [0.5, 0.6) is 0 Å². The van der Waals surface area contributed by atoms with E-state index in [1.165, 1.54) is 5.57 Å². The Morgan fingerprint density at radius 2 is 1.62 bits per heavy atom. The maximum atomic E-state index is 11.9. The summed E-state index contributed by atoms with van der Waals surface area (Å²) in [6, 6.07) is 0. The number of fused-ring (bicyclic) bond motifs is 1. The lowest BCUT2D eigenvalue weighted by molar-refractivity contribution is -0.163. The molecule has 0 aromatic rings. The largest absolute Gasteiger partial charge is 0.294 e. The summed E-state index contributed by atoms with van der Waals surface area (Å²) < 4.78 is 0. The molecule has 0 unspecified atom stereocenters. The first-order valence-electron chi connectivity index (χ1n) is 5.10. The summed E-state index contributed by atoms with van der Waals surface area (Å²) >= 11 is 0. The zero-order valence-electron chi connectivity index (χ0n) is 9.14. The van der Waals surface area contributed by atoms with E-state index in [4.69, 9.17) is 0 Å². The molecule has 0 radical (unpaired) electrons. The lowest BCUT2D eigenvalue weighted by Crippen LogP contribution is -2.61. The fourth-order valence-electron chi connectivity index (χ4n) is 3.60. The molecule has 2 aliphatic carbocycles. The van der Waals surface area contributed by atoms with Gasteiger partial charge in [0, 0.05) is 10.8 Å². The van der Waals surface area contributed by atoms with Crippen LogP contribution < -0.4 is 0 Å². The van der Waals surface area contributed by atoms with E-state index in [0.29, 0.717) is 17.6 Å². The van der Waals surface area contributed by atoms with E-state index in [9.17, 15) is 4.79 Å². The first kappa shape index (κ1) is 8.98. The molecule has 0 N–H and O–H groups in total. The van der Waals surface area contributed by atoms with Crippen molar-refractivity contribution in [3.05, 3.63) is 11.6 Å². The number of rotatable bonds is 0. The first-order chi connectivity index (χ1) is 5.86. The van der Waals surface area contributed by atoms with Crippen LogP contribution in [0.2, 0.25) is 0 Å². The van der Waals surface area contributed by atoms with Crippen molar-refractivity contribution in [1.29, 1.82) is 0 Å². The fourth-order valence-corrected chi connectivity index (χ4v) is 3.60. The molecule has 13 heavy (non-hydrogen) atoms. The van der Waals surface area contributed by atoms with E-state index in [0.717, 1.165) is 0 Å². The summed E-state index contributed by atoms with van der Waals surface area (Å²) in [4.78, 5) is 11.9. The van der Waals surface area contributed by atoms with Crippen molar-refractivity contribution in [2.75, 3.05) is 0 Å². The highest BCUT2D eigenvalue weighted by Crippen LogP contribution is 2.70. The summed E-state index contributed by atoms with van der Waals surface area (Å²) in [6.07, 6.45) is 1.86. The van der Waals surface area contributed by atoms with Gasteiger partial charge in [0.25, 0.3) is 0 Å². The monoisotopic (exact) mass is 178 g/mol. The Hall–Kier alpha value is -0.590. The highest BCUT2D eigenvalue weighted by molar-refractivity contribution is 6.01. The number of hydrogen-bond acceptors (Lipinski definition) is 1. The third-order valence-electron chi connectivity index (χ3n) is 5.33. The fraction of sp³-hybridized carbons (Fsp3) is 0.750. The number of carbonyl (C=O) groups is 1. The van der Waals surface area contributed by atoms with Crippen molar-refractivity contribution in [2.45, 2.75) is 34.6 Å². The molecule has 2 rings (SSSR count). The van der Waals surface area contributed by atoms with Crippen LogP contribution in [0.3, 0.4) is 0 Å². The molecule has 72 valence electrons. The van der Waals surface area contributed by atoms with Crippen LogP contribution in [0, 0.1) is 22.7 Å². The molecule has 1 saturated carbocycles. The lowest BCUT2D eigenvalue weighted by Gasteiger charge is -2.62. The zero-order valence-corrected chi connectivity index (χ0v) is 9.14. The average molecular weight is 178 g/mol.